The summed E-state index contributed by atoms with van der Waals surface area (Å²) in [4.78, 5) is 19.3. The standard InChI is InChI=1S/C14H24ClN5O.HI/c1-16-14(17-7-6-13(21)18(2)3)20(5)10-12-8-11(15)9-19(12)4;/h8-9H,6-7,10H2,1-5H3,(H,16,17);1H. The van der Waals surface area contributed by atoms with E-state index in [2.05, 4.69) is 10.3 Å². The molecule has 0 spiro atoms. The first-order chi connectivity index (χ1) is 9.85. The van der Waals surface area contributed by atoms with E-state index < -0.39 is 0 Å². The first-order valence-electron chi connectivity index (χ1n) is 6.77. The number of aryl methyl sites for hydroxylation is 1. The van der Waals surface area contributed by atoms with E-state index >= 15 is 0 Å². The van der Waals surface area contributed by atoms with Crippen LogP contribution in [0.25, 0.3) is 0 Å². The first-order valence-corrected chi connectivity index (χ1v) is 7.15. The van der Waals surface area contributed by atoms with Gasteiger partial charge in [-0.25, -0.2) is 0 Å². The topological polar surface area (TPSA) is 52.9 Å². The molecule has 126 valence electrons. The number of aromatic nitrogens is 1. The molecule has 0 aliphatic heterocycles. The number of guanidine groups is 1. The lowest BCUT2D eigenvalue weighted by atomic mass is 10.3. The van der Waals surface area contributed by atoms with Crippen LogP contribution in [-0.4, -0.2) is 61.0 Å². The van der Waals surface area contributed by atoms with Gasteiger partial charge >= 0.3 is 0 Å². The number of carbonyl (C=O) groups excluding carboxylic acids is 1. The lowest BCUT2D eigenvalue weighted by molar-refractivity contribution is -0.128. The Kier molecular flexibility index (Phi) is 9.50. The molecule has 1 aromatic heterocycles. The molecule has 0 radical (unpaired) electrons. The van der Waals surface area contributed by atoms with Crippen molar-refractivity contribution in [2.24, 2.45) is 12.0 Å². The fourth-order valence-corrected chi connectivity index (χ4v) is 2.20. The van der Waals surface area contributed by atoms with Gasteiger partial charge in [-0.05, 0) is 6.07 Å². The van der Waals surface area contributed by atoms with Gasteiger partial charge in [0.25, 0.3) is 0 Å². The van der Waals surface area contributed by atoms with Crippen molar-refractivity contribution in [1.29, 1.82) is 0 Å². The lowest BCUT2D eigenvalue weighted by Crippen LogP contribution is -2.40. The van der Waals surface area contributed by atoms with Gasteiger partial charge in [0.2, 0.25) is 5.91 Å². The second-order valence-electron chi connectivity index (χ2n) is 5.13. The number of amides is 1. The number of aliphatic imine (C=N–C) groups is 1. The van der Waals surface area contributed by atoms with Crippen molar-refractivity contribution in [1.82, 2.24) is 19.7 Å². The van der Waals surface area contributed by atoms with Crippen LogP contribution in [0.1, 0.15) is 12.1 Å². The minimum absolute atomic E-state index is 0. The number of halogens is 2. The van der Waals surface area contributed by atoms with E-state index in [1.54, 1.807) is 26.0 Å². The molecular formula is C14H25ClIN5O. The minimum Gasteiger partial charge on any atom is -0.356 e. The summed E-state index contributed by atoms with van der Waals surface area (Å²) < 4.78 is 1.99. The molecule has 0 aromatic carbocycles. The van der Waals surface area contributed by atoms with Crippen molar-refractivity contribution in [2.75, 3.05) is 34.7 Å². The van der Waals surface area contributed by atoms with E-state index in [-0.39, 0.29) is 29.9 Å². The van der Waals surface area contributed by atoms with Crippen molar-refractivity contribution >= 4 is 47.4 Å². The van der Waals surface area contributed by atoms with Crippen molar-refractivity contribution in [2.45, 2.75) is 13.0 Å². The van der Waals surface area contributed by atoms with Crippen LogP contribution in [0.5, 0.6) is 0 Å². The number of nitrogens with one attached hydrogen (secondary N) is 1. The molecule has 6 nitrogen and oxygen atoms in total. The van der Waals surface area contributed by atoms with Crippen LogP contribution < -0.4 is 5.32 Å². The molecule has 0 aliphatic carbocycles. The van der Waals surface area contributed by atoms with Gasteiger partial charge in [-0.15, -0.1) is 24.0 Å². The number of rotatable bonds is 5. The molecule has 1 rings (SSSR count). The van der Waals surface area contributed by atoms with Crippen LogP contribution in [0.15, 0.2) is 17.3 Å². The van der Waals surface area contributed by atoms with Crippen LogP contribution in [0.3, 0.4) is 0 Å². The summed E-state index contributed by atoms with van der Waals surface area (Å²) in [6, 6.07) is 1.93. The van der Waals surface area contributed by atoms with E-state index in [0.717, 1.165) is 16.7 Å². The molecular weight excluding hydrogens is 417 g/mol. The summed E-state index contributed by atoms with van der Waals surface area (Å²) >= 11 is 5.98. The molecule has 1 N–H and O–H groups in total. The third-order valence-electron chi connectivity index (χ3n) is 3.17. The molecule has 0 bridgehead atoms. The zero-order valence-corrected chi connectivity index (χ0v) is 16.8. The molecule has 1 heterocycles. The number of hydrogen-bond donors (Lipinski definition) is 1. The quantitative estimate of drug-likeness (QED) is 0.431. The fourth-order valence-electron chi connectivity index (χ4n) is 1.93. The van der Waals surface area contributed by atoms with Gasteiger partial charge in [0.15, 0.2) is 5.96 Å². The van der Waals surface area contributed by atoms with Crippen LogP contribution in [0.4, 0.5) is 0 Å². The Hall–Kier alpha value is -0.960. The monoisotopic (exact) mass is 441 g/mol. The maximum atomic E-state index is 11.5. The lowest BCUT2D eigenvalue weighted by Gasteiger charge is -2.22. The summed E-state index contributed by atoms with van der Waals surface area (Å²) in [5, 5.41) is 3.91. The van der Waals surface area contributed by atoms with Gasteiger partial charge in [0.1, 0.15) is 0 Å². The Morgan fingerprint density at radius 2 is 2.05 bits per heavy atom. The van der Waals surface area contributed by atoms with Gasteiger partial charge < -0.3 is 19.7 Å². The predicted molar refractivity (Wildman–Crippen MR) is 102 cm³/mol. The normalized spacial score (nSPS) is 10.9. The van der Waals surface area contributed by atoms with Crippen LogP contribution in [0.2, 0.25) is 5.02 Å². The minimum atomic E-state index is 0. The summed E-state index contributed by atoms with van der Waals surface area (Å²) in [6.07, 6.45) is 2.31. The first kappa shape index (κ1) is 21.0. The van der Waals surface area contributed by atoms with Crippen LogP contribution in [0, 0.1) is 0 Å². The van der Waals surface area contributed by atoms with Gasteiger partial charge in [0, 0.05) is 60.1 Å². The largest absolute Gasteiger partial charge is 0.356 e. The second-order valence-corrected chi connectivity index (χ2v) is 5.57. The Balaban J connectivity index is 0.00000441. The maximum Gasteiger partial charge on any atom is 0.223 e. The van der Waals surface area contributed by atoms with Gasteiger partial charge in [-0.3, -0.25) is 9.79 Å². The fraction of sp³-hybridized carbons (Fsp3) is 0.571. The summed E-state index contributed by atoms with van der Waals surface area (Å²) in [6.45, 7) is 1.24. The van der Waals surface area contributed by atoms with E-state index in [9.17, 15) is 4.79 Å². The van der Waals surface area contributed by atoms with Gasteiger partial charge in [-0.2, -0.15) is 0 Å². The van der Waals surface area contributed by atoms with Crippen molar-refractivity contribution < 1.29 is 4.79 Å². The van der Waals surface area contributed by atoms with Crippen molar-refractivity contribution in [3.05, 3.63) is 23.0 Å². The van der Waals surface area contributed by atoms with Gasteiger partial charge in [0.05, 0.1) is 11.6 Å². The summed E-state index contributed by atoms with van der Waals surface area (Å²) in [5.74, 6) is 0.841. The molecule has 8 heteroatoms. The molecule has 0 unspecified atom stereocenters. The average molecular weight is 442 g/mol. The van der Waals surface area contributed by atoms with Crippen molar-refractivity contribution in [3.8, 4) is 0 Å². The Morgan fingerprint density at radius 1 is 1.41 bits per heavy atom. The molecule has 1 aromatic rings. The molecule has 1 amide bonds. The van der Waals surface area contributed by atoms with E-state index in [1.807, 2.05) is 35.8 Å². The highest BCUT2D eigenvalue weighted by atomic mass is 127. The smallest absolute Gasteiger partial charge is 0.223 e. The highest BCUT2D eigenvalue weighted by Crippen LogP contribution is 2.14. The number of carbonyl (C=O) groups is 1. The molecule has 0 atom stereocenters. The van der Waals surface area contributed by atoms with E-state index in [0.29, 0.717) is 19.5 Å². The highest BCUT2D eigenvalue weighted by Gasteiger charge is 2.10. The van der Waals surface area contributed by atoms with Crippen LogP contribution >= 0.6 is 35.6 Å². The van der Waals surface area contributed by atoms with Crippen LogP contribution in [-0.2, 0) is 18.4 Å². The zero-order valence-electron chi connectivity index (χ0n) is 13.8. The molecule has 0 fully saturated rings. The van der Waals surface area contributed by atoms with Crippen molar-refractivity contribution in [3.63, 3.8) is 0 Å². The van der Waals surface area contributed by atoms with Gasteiger partial charge in [-0.1, -0.05) is 11.6 Å². The predicted octanol–water partition coefficient (Wildman–Crippen LogP) is 1.78. The second kappa shape index (κ2) is 9.94. The van der Waals surface area contributed by atoms with E-state index in [4.69, 9.17) is 11.6 Å². The zero-order chi connectivity index (χ0) is 16.0. The third-order valence-corrected chi connectivity index (χ3v) is 3.37. The maximum absolute atomic E-state index is 11.5. The third kappa shape index (κ3) is 6.43. The van der Waals surface area contributed by atoms with E-state index in [1.165, 1.54) is 0 Å². The number of hydrogen-bond acceptors (Lipinski definition) is 2. The Bertz CT molecular complexity index is 515. The molecule has 0 saturated heterocycles. The average Bonchev–Trinajstić information content (AvgIpc) is 2.72. The Morgan fingerprint density at radius 3 is 2.50 bits per heavy atom. The summed E-state index contributed by atoms with van der Waals surface area (Å²) in [5.41, 5.74) is 1.09. The number of nitrogens with zero attached hydrogens (tertiary/aromatic N) is 4. The Labute approximate surface area is 154 Å². The molecule has 22 heavy (non-hydrogen) atoms. The molecule has 0 saturated carbocycles. The SMILES string of the molecule is CN=C(NCCC(=O)N(C)C)N(C)Cc1cc(Cl)cn1C.I. The summed E-state index contributed by atoms with van der Waals surface area (Å²) in [7, 11) is 9.14. The molecule has 0 aliphatic rings. The highest BCUT2D eigenvalue weighted by molar-refractivity contribution is 14.0.